The van der Waals surface area contributed by atoms with E-state index >= 15 is 0 Å². The molecule has 0 radical (unpaired) electrons. The molecule has 0 aliphatic heterocycles. The van der Waals surface area contributed by atoms with Gasteiger partial charge >= 0.3 is 0 Å². The molecule has 0 amide bonds. The van der Waals surface area contributed by atoms with Crippen LogP contribution in [0.1, 0.15) is 49.7 Å². The van der Waals surface area contributed by atoms with Crippen LogP contribution in [0, 0.1) is 17.3 Å². The number of aryl methyl sites for hydroxylation is 1. The fraction of sp³-hybridized carbons (Fsp3) is 0.684. The number of benzene rings is 1. The highest BCUT2D eigenvalue weighted by molar-refractivity contribution is 5.49. The molecule has 6 atom stereocenters. The third-order valence-electron chi connectivity index (χ3n) is 7.00. The average molecular weight is 318 g/mol. The highest BCUT2D eigenvalue weighted by Crippen LogP contribution is 2.61. The van der Waals surface area contributed by atoms with Crippen molar-refractivity contribution in [3.63, 3.8) is 0 Å². The molecule has 1 aromatic carbocycles. The number of hydrogen-bond donors (Lipinski definition) is 3. The van der Waals surface area contributed by atoms with Gasteiger partial charge in [0.25, 0.3) is 0 Å². The van der Waals surface area contributed by atoms with Crippen LogP contribution in [0.4, 0.5) is 0 Å². The molecule has 3 aliphatic carbocycles. The Morgan fingerprint density at radius 1 is 1.22 bits per heavy atom. The number of aromatic hydroxyl groups is 1. The van der Waals surface area contributed by atoms with Crippen LogP contribution in [0.15, 0.2) is 12.1 Å². The lowest BCUT2D eigenvalue weighted by Crippen LogP contribution is -2.44. The Bertz CT molecular complexity index is 628. The van der Waals surface area contributed by atoms with Crippen molar-refractivity contribution in [1.82, 2.24) is 0 Å². The SMILES string of the molecule is COc1cc2c(cc1O)CC[C@H]1[C@@H]2CC[C@@]2(C)[C@@H]1C[C@@H](O)[C@@H]2O. The Morgan fingerprint density at radius 3 is 2.74 bits per heavy atom. The number of aliphatic hydroxyl groups excluding tert-OH is 2. The monoisotopic (exact) mass is 318 g/mol. The molecule has 2 fully saturated rings. The van der Waals surface area contributed by atoms with E-state index in [4.69, 9.17) is 4.74 Å². The minimum Gasteiger partial charge on any atom is -0.504 e. The summed E-state index contributed by atoms with van der Waals surface area (Å²) >= 11 is 0. The molecule has 3 N–H and O–H groups in total. The standard InChI is InChI=1S/C19H26O4/c1-19-6-5-11-12(14(19)9-16(21)18(19)22)4-3-10-7-15(20)17(23-2)8-13(10)11/h7-8,11-12,14,16,18,20-22H,3-6,9H2,1-2H3/t11-,12-,14+,16+,18-,19-/m0/s1. The van der Waals surface area contributed by atoms with Gasteiger partial charge in [-0.15, -0.1) is 0 Å². The number of phenolic OH excluding ortho intramolecular Hbond substituents is 1. The molecule has 0 heterocycles. The summed E-state index contributed by atoms with van der Waals surface area (Å²) < 4.78 is 5.30. The molecule has 0 bridgehead atoms. The first-order chi connectivity index (χ1) is 11.0. The van der Waals surface area contributed by atoms with Gasteiger partial charge in [0.1, 0.15) is 0 Å². The first-order valence-electron chi connectivity index (χ1n) is 8.71. The van der Waals surface area contributed by atoms with Crippen molar-refractivity contribution in [2.45, 2.75) is 57.2 Å². The smallest absolute Gasteiger partial charge is 0.160 e. The van der Waals surface area contributed by atoms with E-state index in [1.165, 1.54) is 11.1 Å². The molecular formula is C19H26O4. The van der Waals surface area contributed by atoms with E-state index in [0.29, 0.717) is 29.9 Å². The second-order valence-corrected chi connectivity index (χ2v) is 7.93. The fourth-order valence-corrected chi connectivity index (χ4v) is 5.74. The van der Waals surface area contributed by atoms with Crippen LogP contribution in [-0.2, 0) is 6.42 Å². The van der Waals surface area contributed by atoms with Crippen LogP contribution >= 0.6 is 0 Å². The van der Waals surface area contributed by atoms with Gasteiger partial charge < -0.3 is 20.1 Å². The van der Waals surface area contributed by atoms with Gasteiger partial charge in [-0.1, -0.05) is 6.92 Å². The van der Waals surface area contributed by atoms with Gasteiger partial charge in [-0.25, -0.2) is 0 Å². The van der Waals surface area contributed by atoms with E-state index in [2.05, 4.69) is 6.92 Å². The topological polar surface area (TPSA) is 69.9 Å². The minimum absolute atomic E-state index is 0.154. The van der Waals surface area contributed by atoms with Gasteiger partial charge in [0.2, 0.25) is 0 Å². The van der Waals surface area contributed by atoms with Crippen LogP contribution in [0.25, 0.3) is 0 Å². The summed E-state index contributed by atoms with van der Waals surface area (Å²) in [4.78, 5) is 0. The Balaban J connectivity index is 1.72. The molecule has 0 unspecified atom stereocenters. The molecule has 2 saturated carbocycles. The zero-order valence-electron chi connectivity index (χ0n) is 13.8. The van der Waals surface area contributed by atoms with E-state index < -0.39 is 12.2 Å². The van der Waals surface area contributed by atoms with Crippen molar-refractivity contribution < 1.29 is 20.1 Å². The predicted octanol–water partition coefficient (Wildman–Crippen LogP) is 2.59. The molecule has 4 nitrogen and oxygen atoms in total. The second-order valence-electron chi connectivity index (χ2n) is 7.93. The van der Waals surface area contributed by atoms with Crippen molar-refractivity contribution in [1.29, 1.82) is 0 Å². The Hall–Kier alpha value is -1.26. The maximum Gasteiger partial charge on any atom is 0.160 e. The first kappa shape index (κ1) is 15.3. The highest BCUT2D eigenvalue weighted by Gasteiger charge is 2.57. The lowest BCUT2D eigenvalue weighted by Gasteiger charge is -2.49. The van der Waals surface area contributed by atoms with E-state index in [9.17, 15) is 15.3 Å². The Morgan fingerprint density at radius 2 is 2.00 bits per heavy atom. The summed E-state index contributed by atoms with van der Waals surface area (Å²) in [5.74, 6) is 2.09. The molecule has 0 aromatic heterocycles. The summed E-state index contributed by atoms with van der Waals surface area (Å²) in [6.07, 6.45) is 3.53. The zero-order valence-corrected chi connectivity index (χ0v) is 13.8. The number of aliphatic hydroxyl groups is 2. The molecule has 4 rings (SSSR count). The fourth-order valence-electron chi connectivity index (χ4n) is 5.74. The maximum absolute atomic E-state index is 10.5. The van der Waals surface area contributed by atoms with E-state index in [0.717, 1.165) is 25.7 Å². The number of ether oxygens (including phenoxy) is 1. The van der Waals surface area contributed by atoms with Crippen LogP contribution < -0.4 is 4.74 Å². The molecule has 23 heavy (non-hydrogen) atoms. The highest BCUT2D eigenvalue weighted by atomic mass is 16.5. The van der Waals surface area contributed by atoms with Crippen molar-refractivity contribution in [3.8, 4) is 11.5 Å². The van der Waals surface area contributed by atoms with Crippen LogP contribution in [0.3, 0.4) is 0 Å². The minimum atomic E-state index is -0.593. The summed E-state index contributed by atoms with van der Waals surface area (Å²) in [6, 6.07) is 3.86. The van der Waals surface area contributed by atoms with Gasteiger partial charge in [-0.3, -0.25) is 0 Å². The van der Waals surface area contributed by atoms with E-state index in [-0.39, 0.29) is 11.2 Å². The summed E-state index contributed by atoms with van der Waals surface area (Å²) in [7, 11) is 1.59. The second kappa shape index (κ2) is 5.12. The summed E-state index contributed by atoms with van der Waals surface area (Å²) in [6.45, 7) is 2.15. The third kappa shape index (κ3) is 2.04. The van der Waals surface area contributed by atoms with Gasteiger partial charge in [0.05, 0.1) is 19.3 Å². The quantitative estimate of drug-likeness (QED) is 0.744. The molecule has 1 aromatic rings. The lowest BCUT2D eigenvalue weighted by molar-refractivity contribution is -0.0505. The number of fused-ring (bicyclic) bond motifs is 5. The summed E-state index contributed by atoms with van der Waals surface area (Å²) in [5, 5.41) is 30.7. The van der Waals surface area contributed by atoms with Crippen molar-refractivity contribution in [2.24, 2.45) is 17.3 Å². The first-order valence-corrected chi connectivity index (χ1v) is 8.71. The number of hydrogen-bond acceptors (Lipinski definition) is 4. The van der Waals surface area contributed by atoms with Gasteiger partial charge in [0.15, 0.2) is 11.5 Å². The van der Waals surface area contributed by atoms with Gasteiger partial charge in [-0.05, 0) is 78.5 Å². The third-order valence-corrected chi connectivity index (χ3v) is 7.00. The summed E-state index contributed by atoms with van der Waals surface area (Å²) in [5.41, 5.74) is 2.38. The van der Waals surface area contributed by atoms with Gasteiger partial charge in [-0.2, -0.15) is 0 Å². The molecule has 3 aliphatic rings. The lowest BCUT2D eigenvalue weighted by atomic mass is 9.55. The normalized spacial score (nSPS) is 41.8. The van der Waals surface area contributed by atoms with Crippen molar-refractivity contribution in [3.05, 3.63) is 23.3 Å². The Kier molecular flexibility index (Phi) is 3.40. The number of phenols is 1. The Labute approximate surface area is 137 Å². The van der Waals surface area contributed by atoms with Crippen molar-refractivity contribution >= 4 is 0 Å². The molecule has 0 saturated heterocycles. The van der Waals surface area contributed by atoms with Crippen LogP contribution in [0.2, 0.25) is 0 Å². The van der Waals surface area contributed by atoms with Crippen molar-refractivity contribution in [2.75, 3.05) is 7.11 Å². The van der Waals surface area contributed by atoms with E-state index in [1.54, 1.807) is 7.11 Å². The van der Waals surface area contributed by atoms with Crippen LogP contribution in [0.5, 0.6) is 11.5 Å². The van der Waals surface area contributed by atoms with E-state index in [1.807, 2.05) is 12.1 Å². The maximum atomic E-state index is 10.5. The average Bonchev–Trinajstić information content (AvgIpc) is 2.77. The van der Waals surface area contributed by atoms with Gasteiger partial charge in [0, 0.05) is 0 Å². The molecule has 4 heteroatoms. The molecule has 126 valence electrons. The van der Waals surface area contributed by atoms with Crippen LogP contribution in [-0.4, -0.2) is 34.6 Å². The zero-order chi connectivity index (χ0) is 16.4. The largest absolute Gasteiger partial charge is 0.504 e. The number of methoxy groups -OCH3 is 1. The number of rotatable bonds is 1. The molecular weight excluding hydrogens is 292 g/mol. The molecule has 0 spiro atoms. The predicted molar refractivity (Wildman–Crippen MR) is 86.7 cm³/mol.